The Bertz CT molecular complexity index is 870. The highest BCUT2D eigenvalue weighted by molar-refractivity contribution is 6.03. The maximum Gasteiger partial charge on any atom is 0.268 e. The molecule has 4 rings (SSSR count). The fraction of sp³-hybridized carbons (Fsp3) is 0.524. The van der Waals surface area contributed by atoms with Crippen LogP contribution < -0.4 is 5.32 Å². The first-order valence-corrected chi connectivity index (χ1v) is 9.73. The lowest BCUT2D eigenvalue weighted by Crippen LogP contribution is -2.36. The van der Waals surface area contributed by atoms with Crippen LogP contribution >= 0.6 is 0 Å². The molecule has 1 amide bonds. The molecule has 1 saturated heterocycles. The van der Waals surface area contributed by atoms with Crippen LogP contribution in [-0.2, 0) is 13.0 Å². The molecule has 1 aromatic heterocycles. The van der Waals surface area contributed by atoms with E-state index in [2.05, 4.69) is 27.8 Å². The second-order valence-corrected chi connectivity index (χ2v) is 7.75. The SMILES string of the molecule is CC(CN1CCCCC1)Cn1c2c(c3cc(C#N)ccc31)CCNC2=O. The predicted molar refractivity (Wildman–Crippen MR) is 102 cm³/mol. The number of hydrogen-bond acceptors (Lipinski definition) is 3. The van der Waals surface area contributed by atoms with Crippen LogP contribution in [0.3, 0.4) is 0 Å². The third kappa shape index (κ3) is 3.10. The van der Waals surface area contributed by atoms with Crippen molar-refractivity contribution < 1.29 is 4.79 Å². The molecule has 1 N–H and O–H groups in total. The van der Waals surface area contributed by atoms with Gasteiger partial charge in [-0.15, -0.1) is 0 Å². The number of carbonyl (C=O) groups is 1. The maximum atomic E-state index is 12.6. The Hall–Kier alpha value is -2.32. The van der Waals surface area contributed by atoms with Crippen molar-refractivity contribution in [1.29, 1.82) is 5.26 Å². The molecular formula is C21H26N4O. The van der Waals surface area contributed by atoms with E-state index in [1.807, 2.05) is 18.2 Å². The fourth-order valence-electron chi connectivity index (χ4n) is 4.53. The second-order valence-electron chi connectivity index (χ2n) is 7.75. The van der Waals surface area contributed by atoms with Crippen molar-refractivity contribution in [3.05, 3.63) is 35.0 Å². The molecule has 1 fully saturated rings. The number of fused-ring (bicyclic) bond motifs is 3. The van der Waals surface area contributed by atoms with Gasteiger partial charge < -0.3 is 14.8 Å². The number of piperidine rings is 1. The summed E-state index contributed by atoms with van der Waals surface area (Å²) in [6.07, 6.45) is 4.78. The van der Waals surface area contributed by atoms with E-state index >= 15 is 0 Å². The van der Waals surface area contributed by atoms with Crippen LogP contribution in [-0.4, -0.2) is 41.6 Å². The van der Waals surface area contributed by atoms with Gasteiger partial charge in [0.2, 0.25) is 0 Å². The van der Waals surface area contributed by atoms with Crippen molar-refractivity contribution in [2.45, 2.75) is 39.2 Å². The van der Waals surface area contributed by atoms with Crippen molar-refractivity contribution in [2.24, 2.45) is 5.92 Å². The largest absolute Gasteiger partial charge is 0.350 e. The van der Waals surface area contributed by atoms with E-state index in [4.69, 9.17) is 0 Å². The van der Waals surface area contributed by atoms with Crippen LogP contribution in [0, 0.1) is 17.2 Å². The minimum absolute atomic E-state index is 0.0196. The first-order valence-electron chi connectivity index (χ1n) is 9.73. The van der Waals surface area contributed by atoms with Crippen LogP contribution in [0.5, 0.6) is 0 Å². The van der Waals surface area contributed by atoms with Gasteiger partial charge in [-0.05, 0) is 62.0 Å². The van der Waals surface area contributed by atoms with E-state index in [-0.39, 0.29) is 5.91 Å². The number of nitriles is 1. The molecule has 1 unspecified atom stereocenters. The van der Waals surface area contributed by atoms with Crippen molar-refractivity contribution >= 4 is 16.8 Å². The summed E-state index contributed by atoms with van der Waals surface area (Å²) >= 11 is 0. The topological polar surface area (TPSA) is 61.1 Å². The number of carbonyl (C=O) groups excluding carboxylic acids is 1. The van der Waals surface area contributed by atoms with Crippen molar-refractivity contribution in [3.8, 4) is 6.07 Å². The van der Waals surface area contributed by atoms with Crippen LogP contribution in [0.15, 0.2) is 18.2 Å². The van der Waals surface area contributed by atoms with Gasteiger partial charge in [0, 0.05) is 30.5 Å². The molecule has 136 valence electrons. The summed E-state index contributed by atoms with van der Waals surface area (Å²) in [6.45, 7) is 7.25. The smallest absolute Gasteiger partial charge is 0.268 e. The van der Waals surface area contributed by atoms with Gasteiger partial charge in [0.1, 0.15) is 5.69 Å². The molecule has 2 aliphatic heterocycles. The molecule has 5 heteroatoms. The summed E-state index contributed by atoms with van der Waals surface area (Å²) in [5.41, 5.74) is 3.64. The number of nitrogens with one attached hydrogen (secondary N) is 1. The van der Waals surface area contributed by atoms with Crippen molar-refractivity contribution in [2.75, 3.05) is 26.2 Å². The van der Waals surface area contributed by atoms with Crippen molar-refractivity contribution in [1.82, 2.24) is 14.8 Å². The molecule has 0 aliphatic carbocycles. The second kappa shape index (κ2) is 7.13. The van der Waals surface area contributed by atoms with Gasteiger partial charge in [-0.2, -0.15) is 5.26 Å². The molecule has 0 bridgehead atoms. The number of rotatable bonds is 4. The minimum Gasteiger partial charge on any atom is -0.350 e. The zero-order chi connectivity index (χ0) is 18.1. The Morgan fingerprint density at radius 1 is 1.23 bits per heavy atom. The molecule has 0 spiro atoms. The van der Waals surface area contributed by atoms with Gasteiger partial charge in [0.15, 0.2) is 0 Å². The summed E-state index contributed by atoms with van der Waals surface area (Å²) < 4.78 is 2.19. The molecule has 0 radical (unpaired) electrons. The van der Waals surface area contributed by atoms with E-state index in [0.29, 0.717) is 18.0 Å². The lowest BCUT2D eigenvalue weighted by molar-refractivity contribution is 0.0935. The van der Waals surface area contributed by atoms with E-state index in [0.717, 1.165) is 41.7 Å². The average Bonchev–Trinajstić information content (AvgIpc) is 2.97. The van der Waals surface area contributed by atoms with Gasteiger partial charge in [0.05, 0.1) is 11.6 Å². The summed E-state index contributed by atoms with van der Waals surface area (Å²) in [7, 11) is 0. The number of likely N-dealkylation sites (tertiary alicyclic amines) is 1. The number of amides is 1. The Morgan fingerprint density at radius 3 is 2.81 bits per heavy atom. The Kier molecular flexibility index (Phi) is 4.69. The monoisotopic (exact) mass is 350 g/mol. The highest BCUT2D eigenvalue weighted by atomic mass is 16.2. The summed E-state index contributed by atoms with van der Waals surface area (Å²) in [6, 6.07) is 8.03. The highest BCUT2D eigenvalue weighted by Crippen LogP contribution is 2.30. The standard InChI is InChI=1S/C21H26N4O/c1-15(13-24-9-3-2-4-10-24)14-25-19-6-5-16(12-22)11-18(19)17-7-8-23-21(26)20(17)25/h5-6,11,15H,2-4,7-10,13-14H2,1H3,(H,23,26). The van der Waals surface area contributed by atoms with Crippen LogP contribution in [0.4, 0.5) is 0 Å². The average molecular weight is 350 g/mol. The number of aromatic nitrogens is 1. The van der Waals surface area contributed by atoms with Gasteiger partial charge in [-0.1, -0.05) is 13.3 Å². The predicted octanol–water partition coefficient (Wildman–Crippen LogP) is 2.92. The fourth-order valence-corrected chi connectivity index (χ4v) is 4.53. The molecule has 2 aliphatic rings. The van der Waals surface area contributed by atoms with Crippen molar-refractivity contribution in [3.63, 3.8) is 0 Å². The number of nitrogens with zero attached hydrogens (tertiary/aromatic N) is 3. The zero-order valence-corrected chi connectivity index (χ0v) is 15.4. The molecule has 26 heavy (non-hydrogen) atoms. The first kappa shape index (κ1) is 17.1. The Labute approximate surface area is 154 Å². The highest BCUT2D eigenvalue weighted by Gasteiger charge is 2.27. The first-order chi connectivity index (χ1) is 12.7. The van der Waals surface area contributed by atoms with E-state index in [9.17, 15) is 10.1 Å². The van der Waals surface area contributed by atoms with Crippen LogP contribution in [0.2, 0.25) is 0 Å². The summed E-state index contributed by atoms with van der Waals surface area (Å²) in [4.78, 5) is 15.2. The van der Waals surface area contributed by atoms with Gasteiger partial charge in [0.25, 0.3) is 5.91 Å². The number of benzene rings is 1. The Morgan fingerprint density at radius 2 is 2.04 bits per heavy atom. The van der Waals surface area contributed by atoms with Crippen LogP contribution in [0.1, 0.15) is 47.8 Å². The quantitative estimate of drug-likeness (QED) is 0.922. The lowest BCUT2D eigenvalue weighted by Gasteiger charge is -2.29. The lowest BCUT2D eigenvalue weighted by atomic mass is 10.0. The van der Waals surface area contributed by atoms with E-state index < -0.39 is 0 Å². The molecular weight excluding hydrogens is 324 g/mol. The molecule has 5 nitrogen and oxygen atoms in total. The summed E-state index contributed by atoms with van der Waals surface area (Å²) in [5, 5.41) is 13.3. The van der Waals surface area contributed by atoms with E-state index in [1.165, 1.54) is 32.4 Å². The molecule has 3 heterocycles. The number of hydrogen-bond donors (Lipinski definition) is 1. The van der Waals surface area contributed by atoms with Gasteiger partial charge >= 0.3 is 0 Å². The minimum atomic E-state index is 0.0196. The molecule has 0 saturated carbocycles. The zero-order valence-electron chi connectivity index (χ0n) is 15.4. The molecule has 2 aromatic rings. The third-order valence-electron chi connectivity index (χ3n) is 5.69. The summed E-state index contributed by atoms with van der Waals surface area (Å²) in [5.74, 6) is 0.490. The van der Waals surface area contributed by atoms with Crippen LogP contribution in [0.25, 0.3) is 10.9 Å². The van der Waals surface area contributed by atoms with Gasteiger partial charge in [-0.25, -0.2) is 0 Å². The van der Waals surface area contributed by atoms with Gasteiger partial charge in [-0.3, -0.25) is 4.79 Å². The molecule has 1 aromatic carbocycles. The normalized spacial score (nSPS) is 19.0. The maximum absolute atomic E-state index is 12.6. The van der Waals surface area contributed by atoms with E-state index in [1.54, 1.807) is 0 Å². The Balaban J connectivity index is 1.68. The third-order valence-corrected chi connectivity index (χ3v) is 5.69. The molecule has 1 atom stereocenters.